The standard InChI is InChI=1S/C19H20FN3O/c1-13(2)24-19-10-15(5-7-17(19)20)14-6-8-18(16(9-14)11-21)22-12-23(3)4/h5-10,12-13H,1-4H3. The van der Waals surface area contributed by atoms with E-state index in [1.165, 1.54) is 6.07 Å². The molecular formula is C19H20FN3O. The highest BCUT2D eigenvalue weighted by Crippen LogP contribution is 2.30. The predicted molar refractivity (Wildman–Crippen MR) is 94.2 cm³/mol. The normalized spacial score (nSPS) is 10.9. The zero-order chi connectivity index (χ0) is 17.7. The molecule has 0 fully saturated rings. The highest BCUT2D eigenvalue weighted by atomic mass is 19.1. The minimum atomic E-state index is -0.403. The lowest BCUT2D eigenvalue weighted by Crippen LogP contribution is -2.07. The summed E-state index contributed by atoms with van der Waals surface area (Å²) >= 11 is 0. The van der Waals surface area contributed by atoms with Crippen LogP contribution in [0.5, 0.6) is 5.75 Å². The topological polar surface area (TPSA) is 48.6 Å². The molecule has 2 rings (SSSR count). The van der Waals surface area contributed by atoms with Gasteiger partial charge in [-0.1, -0.05) is 12.1 Å². The lowest BCUT2D eigenvalue weighted by Gasteiger charge is -2.12. The van der Waals surface area contributed by atoms with Gasteiger partial charge >= 0.3 is 0 Å². The van der Waals surface area contributed by atoms with Crippen LogP contribution in [0.3, 0.4) is 0 Å². The van der Waals surface area contributed by atoms with Crippen molar-refractivity contribution in [3.63, 3.8) is 0 Å². The molecule has 0 radical (unpaired) electrons. The van der Waals surface area contributed by atoms with Crippen LogP contribution in [0.15, 0.2) is 41.4 Å². The van der Waals surface area contributed by atoms with Crippen LogP contribution in [0.4, 0.5) is 10.1 Å². The summed E-state index contributed by atoms with van der Waals surface area (Å²) in [5.74, 6) is -0.198. The van der Waals surface area contributed by atoms with Gasteiger partial charge in [-0.2, -0.15) is 5.26 Å². The Bertz CT molecular complexity index is 792. The van der Waals surface area contributed by atoms with E-state index in [0.717, 1.165) is 11.1 Å². The number of rotatable bonds is 5. The summed E-state index contributed by atoms with van der Waals surface area (Å²) in [5, 5.41) is 9.35. The molecule has 24 heavy (non-hydrogen) atoms. The largest absolute Gasteiger partial charge is 0.488 e. The number of hydrogen-bond acceptors (Lipinski definition) is 3. The molecule has 0 heterocycles. The van der Waals surface area contributed by atoms with E-state index in [-0.39, 0.29) is 11.9 Å². The van der Waals surface area contributed by atoms with Crippen LogP contribution in [0.2, 0.25) is 0 Å². The third-order valence-corrected chi connectivity index (χ3v) is 3.17. The van der Waals surface area contributed by atoms with Crippen molar-refractivity contribution in [2.24, 2.45) is 4.99 Å². The van der Waals surface area contributed by atoms with Gasteiger partial charge in [0.05, 0.1) is 23.7 Å². The van der Waals surface area contributed by atoms with E-state index < -0.39 is 5.82 Å². The van der Waals surface area contributed by atoms with E-state index in [4.69, 9.17) is 4.74 Å². The summed E-state index contributed by atoms with van der Waals surface area (Å²) in [6.07, 6.45) is 1.52. The van der Waals surface area contributed by atoms with Crippen LogP contribution in [-0.2, 0) is 0 Å². The molecule has 4 nitrogen and oxygen atoms in total. The molecule has 2 aromatic carbocycles. The summed E-state index contributed by atoms with van der Waals surface area (Å²) in [6.45, 7) is 3.69. The Morgan fingerprint density at radius 2 is 1.83 bits per heavy atom. The van der Waals surface area contributed by atoms with Crippen molar-refractivity contribution in [3.8, 4) is 22.9 Å². The summed E-state index contributed by atoms with van der Waals surface area (Å²) < 4.78 is 19.3. The lowest BCUT2D eigenvalue weighted by molar-refractivity contribution is 0.231. The van der Waals surface area contributed by atoms with E-state index in [0.29, 0.717) is 11.3 Å². The molecule has 0 aliphatic rings. The van der Waals surface area contributed by atoms with Gasteiger partial charge in [0.15, 0.2) is 11.6 Å². The number of benzene rings is 2. The first kappa shape index (κ1) is 17.5. The van der Waals surface area contributed by atoms with Crippen LogP contribution in [0.25, 0.3) is 11.1 Å². The Morgan fingerprint density at radius 3 is 2.46 bits per heavy atom. The first-order valence-electron chi connectivity index (χ1n) is 7.62. The molecule has 0 amide bonds. The fourth-order valence-corrected chi connectivity index (χ4v) is 2.12. The van der Waals surface area contributed by atoms with Gasteiger partial charge in [0, 0.05) is 14.1 Å². The number of hydrogen-bond donors (Lipinski definition) is 0. The fraction of sp³-hybridized carbons (Fsp3) is 0.263. The van der Waals surface area contributed by atoms with Crippen LogP contribution < -0.4 is 4.74 Å². The van der Waals surface area contributed by atoms with Crippen molar-refractivity contribution in [3.05, 3.63) is 47.8 Å². The Morgan fingerprint density at radius 1 is 1.17 bits per heavy atom. The Hall–Kier alpha value is -2.87. The molecule has 0 saturated heterocycles. The van der Waals surface area contributed by atoms with Gasteiger partial charge in [0.2, 0.25) is 0 Å². The number of aliphatic imine (C=N–C) groups is 1. The maximum Gasteiger partial charge on any atom is 0.165 e. The molecule has 0 aromatic heterocycles. The average molecular weight is 325 g/mol. The van der Waals surface area contributed by atoms with E-state index in [1.54, 1.807) is 35.5 Å². The van der Waals surface area contributed by atoms with Crippen molar-refractivity contribution >= 4 is 12.0 Å². The van der Waals surface area contributed by atoms with Gasteiger partial charge in [-0.05, 0) is 49.2 Å². The Balaban J connectivity index is 2.41. The monoisotopic (exact) mass is 325 g/mol. The van der Waals surface area contributed by atoms with Crippen molar-refractivity contribution in [1.29, 1.82) is 5.26 Å². The predicted octanol–water partition coefficient (Wildman–Crippen LogP) is 4.37. The van der Waals surface area contributed by atoms with Gasteiger partial charge in [0.25, 0.3) is 0 Å². The molecule has 0 aliphatic heterocycles. The van der Waals surface area contributed by atoms with E-state index in [1.807, 2.05) is 34.0 Å². The van der Waals surface area contributed by atoms with Crippen LogP contribution in [0, 0.1) is 17.1 Å². The van der Waals surface area contributed by atoms with Crippen LogP contribution in [-0.4, -0.2) is 31.4 Å². The van der Waals surface area contributed by atoms with Crippen molar-refractivity contribution in [2.75, 3.05) is 14.1 Å². The van der Waals surface area contributed by atoms with Gasteiger partial charge < -0.3 is 9.64 Å². The number of halogens is 1. The molecule has 124 valence electrons. The molecule has 0 N–H and O–H groups in total. The molecule has 0 atom stereocenters. The van der Waals surface area contributed by atoms with E-state index in [9.17, 15) is 9.65 Å². The molecule has 2 aromatic rings. The van der Waals surface area contributed by atoms with Crippen molar-refractivity contribution in [2.45, 2.75) is 20.0 Å². The quantitative estimate of drug-likeness (QED) is 0.606. The number of nitrogens with zero attached hydrogens (tertiary/aromatic N) is 3. The third kappa shape index (κ3) is 4.32. The zero-order valence-corrected chi connectivity index (χ0v) is 14.2. The van der Waals surface area contributed by atoms with Crippen LogP contribution in [0.1, 0.15) is 19.4 Å². The first-order chi connectivity index (χ1) is 11.4. The minimum absolute atomic E-state index is 0.118. The zero-order valence-electron chi connectivity index (χ0n) is 14.2. The highest BCUT2D eigenvalue weighted by Gasteiger charge is 2.10. The van der Waals surface area contributed by atoms with Gasteiger partial charge in [-0.3, -0.25) is 0 Å². The first-order valence-corrected chi connectivity index (χ1v) is 7.62. The van der Waals surface area contributed by atoms with E-state index in [2.05, 4.69) is 11.1 Å². The van der Waals surface area contributed by atoms with Crippen molar-refractivity contribution in [1.82, 2.24) is 4.90 Å². The smallest absolute Gasteiger partial charge is 0.165 e. The second-order valence-corrected chi connectivity index (χ2v) is 5.86. The lowest BCUT2D eigenvalue weighted by atomic mass is 10.0. The minimum Gasteiger partial charge on any atom is -0.488 e. The summed E-state index contributed by atoms with van der Waals surface area (Å²) in [4.78, 5) is 6.07. The molecule has 0 aliphatic carbocycles. The maximum absolute atomic E-state index is 13.8. The van der Waals surface area contributed by atoms with Gasteiger partial charge in [-0.25, -0.2) is 9.38 Å². The summed E-state index contributed by atoms with van der Waals surface area (Å²) in [6, 6.07) is 12.2. The molecule has 0 saturated carbocycles. The Kier molecular flexibility index (Phi) is 5.54. The summed E-state index contributed by atoms with van der Waals surface area (Å²) in [5.41, 5.74) is 2.65. The van der Waals surface area contributed by atoms with Crippen LogP contribution >= 0.6 is 0 Å². The second kappa shape index (κ2) is 7.60. The highest BCUT2D eigenvalue weighted by molar-refractivity contribution is 5.73. The number of nitriles is 1. The molecular weight excluding hydrogens is 305 g/mol. The molecule has 0 spiro atoms. The SMILES string of the molecule is CC(C)Oc1cc(-c2ccc(N=CN(C)C)c(C#N)c2)ccc1F. The fourth-order valence-electron chi connectivity index (χ4n) is 2.12. The molecule has 0 unspecified atom stereocenters. The average Bonchev–Trinajstić information content (AvgIpc) is 2.54. The second-order valence-electron chi connectivity index (χ2n) is 5.86. The maximum atomic E-state index is 13.8. The van der Waals surface area contributed by atoms with Crippen molar-refractivity contribution < 1.29 is 9.13 Å². The number of ether oxygens (including phenoxy) is 1. The van der Waals surface area contributed by atoms with Gasteiger partial charge in [-0.15, -0.1) is 0 Å². The Labute approximate surface area is 141 Å². The molecule has 0 bridgehead atoms. The third-order valence-electron chi connectivity index (χ3n) is 3.17. The van der Waals surface area contributed by atoms with E-state index >= 15 is 0 Å². The summed E-state index contributed by atoms with van der Waals surface area (Å²) in [7, 11) is 3.72. The molecule has 5 heteroatoms. The van der Waals surface area contributed by atoms with Gasteiger partial charge in [0.1, 0.15) is 6.07 Å².